The van der Waals surface area contributed by atoms with Gasteiger partial charge in [0.1, 0.15) is 5.82 Å². The van der Waals surface area contributed by atoms with Gasteiger partial charge in [-0.3, -0.25) is 0 Å². The Labute approximate surface area is 94.4 Å². The highest BCUT2D eigenvalue weighted by Gasteiger charge is 2.27. The molecule has 0 aliphatic heterocycles. The van der Waals surface area contributed by atoms with Crippen LogP contribution in [0.15, 0.2) is 12.1 Å². The predicted octanol–water partition coefficient (Wildman–Crippen LogP) is 3.59. The second-order valence-electron chi connectivity index (χ2n) is 4.34. The van der Waals surface area contributed by atoms with Gasteiger partial charge in [-0.05, 0) is 42.9 Å². The lowest BCUT2D eigenvalue weighted by molar-refractivity contribution is 0.264. The molecule has 82 valence electrons. The van der Waals surface area contributed by atoms with Gasteiger partial charge in [-0.15, -0.1) is 0 Å². The lowest BCUT2D eigenvalue weighted by Gasteiger charge is -2.32. The normalized spacial score (nSPS) is 18.7. The summed E-state index contributed by atoms with van der Waals surface area (Å²) < 4.78 is 13.2. The van der Waals surface area contributed by atoms with Gasteiger partial charge in [0.25, 0.3) is 0 Å². The van der Waals surface area contributed by atoms with Crippen molar-refractivity contribution in [3.8, 4) is 0 Å². The van der Waals surface area contributed by atoms with E-state index in [9.17, 15) is 4.39 Å². The summed E-state index contributed by atoms with van der Waals surface area (Å²) in [4.78, 5) is 0. The Morgan fingerprint density at radius 1 is 1.47 bits per heavy atom. The van der Waals surface area contributed by atoms with Crippen molar-refractivity contribution in [1.29, 1.82) is 0 Å². The van der Waals surface area contributed by atoms with E-state index in [4.69, 9.17) is 17.3 Å². The van der Waals surface area contributed by atoms with E-state index in [1.54, 1.807) is 13.0 Å². The number of halogens is 2. The average Bonchev–Trinajstić information content (AvgIpc) is 2.08. The summed E-state index contributed by atoms with van der Waals surface area (Å²) in [6.07, 6.45) is 3.57. The topological polar surface area (TPSA) is 26.0 Å². The predicted molar refractivity (Wildman–Crippen MR) is 60.4 cm³/mol. The van der Waals surface area contributed by atoms with Crippen molar-refractivity contribution in [1.82, 2.24) is 0 Å². The molecule has 1 aromatic carbocycles. The summed E-state index contributed by atoms with van der Waals surface area (Å²) in [6.45, 7) is 1.74. The molecule has 3 heteroatoms. The number of nitrogens with two attached hydrogens (primary N) is 1. The summed E-state index contributed by atoms with van der Waals surface area (Å²) in [5.41, 5.74) is 7.62. The van der Waals surface area contributed by atoms with Crippen LogP contribution in [0.3, 0.4) is 0 Å². The van der Waals surface area contributed by atoms with E-state index >= 15 is 0 Å². The summed E-state index contributed by atoms with van der Waals surface area (Å²) in [5.74, 6) is 0.261. The fourth-order valence-electron chi connectivity index (χ4n) is 1.99. The molecule has 15 heavy (non-hydrogen) atoms. The molecule has 2 N–H and O–H groups in total. The smallest absolute Gasteiger partial charge is 0.127 e. The van der Waals surface area contributed by atoms with Crippen LogP contribution in [0, 0.1) is 18.7 Å². The van der Waals surface area contributed by atoms with Crippen molar-refractivity contribution in [3.05, 3.63) is 34.1 Å². The minimum atomic E-state index is -0.260. The number of benzene rings is 1. The van der Waals surface area contributed by atoms with Crippen molar-refractivity contribution in [2.75, 3.05) is 0 Å². The largest absolute Gasteiger partial charge is 0.324 e. The molecule has 1 aliphatic carbocycles. The lowest BCUT2D eigenvalue weighted by Crippen LogP contribution is -2.27. The highest BCUT2D eigenvalue weighted by atomic mass is 35.5. The molecule has 0 aromatic heterocycles. The molecule has 1 unspecified atom stereocenters. The monoisotopic (exact) mass is 227 g/mol. The first-order chi connectivity index (χ1) is 7.09. The van der Waals surface area contributed by atoms with Crippen LogP contribution >= 0.6 is 11.6 Å². The fraction of sp³-hybridized carbons (Fsp3) is 0.500. The zero-order chi connectivity index (χ0) is 11.0. The first-order valence-electron chi connectivity index (χ1n) is 5.30. The van der Waals surface area contributed by atoms with Gasteiger partial charge in [-0.25, -0.2) is 4.39 Å². The van der Waals surface area contributed by atoms with Crippen molar-refractivity contribution in [2.45, 2.75) is 32.2 Å². The Hall–Kier alpha value is -0.600. The van der Waals surface area contributed by atoms with Crippen molar-refractivity contribution < 1.29 is 4.39 Å². The second-order valence-corrected chi connectivity index (χ2v) is 4.75. The molecule has 0 spiro atoms. The van der Waals surface area contributed by atoms with Crippen LogP contribution in [0.1, 0.15) is 36.4 Å². The van der Waals surface area contributed by atoms with E-state index in [-0.39, 0.29) is 11.9 Å². The van der Waals surface area contributed by atoms with E-state index in [1.807, 2.05) is 0 Å². The van der Waals surface area contributed by atoms with Crippen LogP contribution in [0.2, 0.25) is 5.02 Å². The molecule has 1 nitrogen and oxygen atoms in total. The molecule has 1 aromatic rings. The molecule has 0 bridgehead atoms. The Morgan fingerprint density at radius 2 is 2.13 bits per heavy atom. The molecular weight excluding hydrogens is 213 g/mol. The number of rotatable bonds is 2. The minimum Gasteiger partial charge on any atom is -0.324 e. The fourth-order valence-corrected chi connectivity index (χ4v) is 2.26. The second kappa shape index (κ2) is 4.11. The van der Waals surface area contributed by atoms with Gasteiger partial charge in [-0.2, -0.15) is 0 Å². The maximum Gasteiger partial charge on any atom is 0.127 e. The average molecular weight is 228 g/mol. The van der Waals surface area contributed by atoms with E-state index < -0.39 is 0 Å². The molecule has 1 saturated carbocycles. The molecule has 2 rings (SSSR count). The van der Waals surface area contributed by atoms with Gasteiger partial charge >= 0.3 is 0 Å². The third-order valence-electron chi connectivity index (χ3n) is 3.29. The van der Waals surface area contributed by atoms with Gasteiger partial charge in [0.05, 0.1) is 0 Å². The van der Waals surface area contributed by atoms with Crippen molar-refractivity contribution >= 4 is 11.6 Å². The SMILES string of the molecule is Cc1cc(C(N)C2CCC2)c(Cl)cc1F. The number of aryl methyl sites for hydroxylation is 1. The van der Waals surface area contributed by atoms with Gasteiger partial charge in [0, 0.05) is 11.1 Å². The van der Waals surface area contributed by atoms with Crippen LogP contribution in [0.5, 0.6) is 0 Å². The van der Waals surface area contributed by atoms with E-state index in [0.29, 0.717) is 16.5 Å². The summed E-state index contributed by atoms with van der Waals surface area (Å²) in [5, 5.41) is 0.456. The maximum absolute atomic E-state index is 13.2. The van der Waals surface area contributed by atoms with Crippen LogP contribution in [-0.4, -0.2) is 0 Å². The molecular formula is C12H15ClFN. The van der Waals surface area contributed by atoms with E-state index in [2.05, 4.69) is 0 Å². The molecule has 1 aliphatic rings. The Kier molecular flexibility index (Phi) is 2.98. The maximum atomic E-state index is 13.2. The third kappa shape index (κ3) is 2.01. The minimum absolute atomic E-state index is 0.0365. The summed E-state index contributed by atoms with van der Waals surface area (Å²) in [6, 6.07) is 3.11. The first-order valence-corrected chi connectivity index (χ1v) is 5.68. The molecule has 0 radical (unpaired) electrons. The zero-order valence-corrected chi connectivity index (χ0v) is 9.52. The number of hydrogen-bond donors (Lipinski definition) is 1. The number of hydrogen-bond acceptors (Lipinski definition) is 1. The van der Waals surface area contributed by atoms with Gasteiger partial charge < -0.3 is 5.73 Å². The van der Waals surface area contributed by atoms with Crippen LogP contribution in [0.25, 0.3) is 0 Å². The van der Waals surface area contributed by atoms with E-state index in [0.717, 1.165) is 18.4 Å². The third-order valence-corrected chi connectivity index (χ3v) is 3.62. The standard InChI is InChI=1S/C12H15ClFN/c1-7-5-9(10(13)6-11(7)14)12(15)8-3-2-4-8/h5-6,8,12H,2-4,15H2,1H3. The Balaban J connectivity index is 2.30. The first kappa shape index (κ1) is 10.9. The van der Waals surface area contributed by atoms with Gasteiger partial charge in [-0.1, -0.05) is 24.1 Å². The van der Waals surface area contributed by atoms with Crippen molar-refractivity contribution in [2.24, 2.45) is 11.7 Å². The van der Waals surface area contributed by atoms with Gasteiger partial charge in [0.2, 0.25) is 0 Å². The van der Waals surface area contributed by atoms with Crippen LogP contribution in [-0.2, 0) is 0 Å². The highest BCUT2D eigenvalue weighted by Crippen LogP contribution is 2.38. The highest BCUT2D eigenvalue weighted by molar-refractivity contribution is 6.31. The zero-order valence-electron chi connectivity index (χ0n) is 8.76. The van der Waals surface area contributed by atoms with Crippen molar-refractivity contribution in [3.63, 3.8) is 0 Å². The Morgan fingerprint density at radius 3 is 2.67 bits per heavy atom. The Bertz CT molecular complexity index is 374. The lowest BCUT2D eigenvalue weighted by atomic mass is 9.77. The van der Waals surface area contributed by atoms with Crippen LogP contribution in [0.4, 0.5) is 4.39 Å². The molecule has 1 fully saturated rings. The quantitative estimate of drug-likeness (QED) is 0.821. The summed E-state index contributed by atoms with van der Waals surface area (Å²) >= 11 is 6.00. The molecule has 0 amide bonds. The summed E-state index contributed by atoms with van der Waals surface area (Å²) in [7, 11) is 0. The van der Waals surface area contributed by atoms with Gasteiger partial charge in [0.15, 0.2) is 0 Å². The molecule has 1 atom stereocenters. The van der Waals surface area contributed by atoms with Crippen LogP contribution < -0.4 is 5.73 Å². The molecule has 0 saturated heterocycles. The molecule has 0 heterocycles. The van der Waals surface area contributed by atoms with E-state index in [1.165, 1.54) is 12.5 Å².